The Labute approximate surface area is 93.3 Å². The van der Waals surface area contributed by atoms with Gasteiger partial charge in [-0.15, -0.1) is 0 Å². The number of rotatable bonds is 6. The number of likely N-dealkylation sites (N-methyl/N-ethyl adjacent to an activating group) is 1. The normalized spacial score (nSPS) is 10.9. The summed E-state index contributed by atoms with van der Waals surface area (Å²) in [6, 6.07) is 8.77. The van der Waals surface area contributed by atoms with Crippen LogP contribution in [0.4, 0.5) is 0 Å². The highest BCUT2D eigenvalue weighted by Crippen LogP contribution is 2.02. The molecule has 0 aliphatic rings. The SMILES string of the molecule is Cc1ccc(CCNCCN(C)C)cc1. The van der Waals surface area contributed by atoms with E-state index in [9.17, 15) is 0 Å². The van der Waals surface area contributed by atoms with Gasteiger partial charge in [-0.2, -0.15) is 0 Å². The number of nitrogens with one attached hydrogen (secondary N) is 1. The molecule has 1 aromatic rings. The van der Waals surface area contributed by atoms with Crippen molar-refractivity contribution in [3.05, 3.63) is 35.4 Å². The summed E-state index contributed by atoms with van der Waals surface area (Å²) in [6.45, 7) is 5.36. The molecule has 2 nitrogen and oxygen atoms in total. The summed E-state index contributed by atoms with van der Waals surface area (Å²) < 4.78 is 0. The van der Waals surface area contributed by atoms with Crippen molar-refractivity contribution in [3.8, 4) is 0 Å². The number of benzene rings is 1. The van der Waals surface area contributed by atoms with Crippen molar-refractivity contribution < 1.29 is 0 Å². The van der Waals surface area contributed by atoms with Crippen LogP contribution >= 0.6 is 0 Å². The molecule has 15 heavy (non-hydrogen) atoms. The van der Waals surface area contributed by atoms with Gasteiger partial charge in [-0.3, -0.25) is 0 Å². The van der Waals surface area contributed by atoms with Crippen molar-refractivity contribution in [2.75, 3.05) is 33.7 Å². The number of aryl methyl sites for hydroxylation is 1. The van der Waals surface area contributed by atoms with Crippen LogP contribution in [0.5, 0.6) is 0 Å². The van der Waals surface area contributed by atoms with E-state index in [1.807, 2.05) is 0 Å². The Kier molecular flexibility index (Phi) is 5.37. The molecule has 1 N–H and O–H groups in total. The molecule has 0 amide bonds. The van der Waals surface area contributed by atoms with Crippen LogP contribution in [0.2, 0.25) is 0 Å². The molecule has 0 radical (unpaired) electrons. The maximum absolute atomic E-state index is 3.44. The molecule has 0 bridgehead atoms. The topological polar surface area (TPSA) is 15.3 Å². The molecule has 84 valence electrons. The predicted molar refractivity (Wildman–Crippen MR) is 66.3 cm³/mol. The molecule has 0 aromatic heterocycles. The number of hydrogen-bond acceptors (Lipinski definition) is 2. The first-order valence-corrected chi connectivity index (χ1v) is 5.59. The Bertz CT molecular complexity index is 264. The molecular formula is C13H22N2. The lowest BCUT2D eigenvalue weighted by Crippen LogP contribution is -2.27. The Morgan fingerprint density at radius 3 is 2.33 bits per heavy atom. The fourth-order valence-corrected chi connectivity index (χ4v) is 1.42. The number of nitrogens with zero attached hydrogens (tertiary/aromatic N) is 1. The van der Waals surface area contributed by atoms with E-state index in [4.69, 9.17) is 0 Å². The van der Waals surface area contributed by atoms with Crippen molar-refractivity contribution in [1.82, 2.24) is 10.2 Å². The molecule has 0 unspecified atom stereocenters. The summed E-state index contributed by atoms with van der Waals surface area (Å²) in [5.41, 5.74) is 2.75. The van der Waals surface area contributed by atoms with Crippen molar-refractivity contribution in [3.63, 3.8) is 0 Å². The molecule has 0 fully saturated rings. The van der Waals surface area contributed by atoms with Crippen LogP contribution in [-0.4, -0.2) is 38.6 Å². The summed E-state index contributed by atoms with van der Waals surface area (Å²) >= 11 is 0. The van der Waals surface area contributed by atoms with Crippen molar-refractivity contribution in [1.29, 1.82) is 0 Å². The van der Waals surface area contributed by atoms with Gasteiger partial charge in [0.25, 0.3) is 0 Å². The van der Waals surface area contributed by atoms with Gasteiger partial charge in [-0.25, -0.2) is 0 Å². The van der Waals surface area contributed by atoms with Crippen molar-refractivity contribution in [2.45, 2.75) is 13.3 Å². The second kappa shape index (κ2) is 6.59. The molecule has 0 saturated heterocycles. The molecule has 1 rings (SSSR count). The van der Waals surface area contributed by atoms with Crippen LogP contribution in [0.25, 0.3) is 0 Å². The van der Waals surface area contributed by atoms with E-state index in [0.29, 0.717) is 0 Å². The van der Waals surface area contributed by atoms with Crippen LogP contribution < -0.4 is 5.32 Å². The van der Waals surface area contributed by atoms with Gasteiger partial charge in [-0.1, -0.05) is 29.8 Å². The van der Waals surface area contributed by atoms with E-state index >= 15 is 0 Å². The van der Waals surface area contributed by atoms with Crippen LogP contribution in [0, 0.1) is 6.92 Å². The quantitative estimate of drug-likeness (QED) is 0.713. The zero-order valence-corrected chi connectivity index (χ0v) is 10.1. The average molecular weight is 206 g/mol. The van der Waals surface area contributed by atoms with Crippen LogP contribution in [0.1, 0.15) is 11.1 Å². The summed E-state index contributed by atoms with van der Waals surface area (Å²) in [5, 5.41) is 3.44. The van der Waals surface area contributed by atoms with E-state index in [1.54, 1.807) is 0 Å². The van der Waals surface area contributed by atoms with E-state index in [-0.39, 0.29) is 0 Å². The van der Waals surface area contributed by atoms with Gasteiger partial charge in [0.2, 0.25) is 0 Å². The average Bonchev–Trinajstić information content (AvgIpc) is 2.20. The first-order chi connectivity index (χ1) is 7.18. The fourth-order valence-electron chi connectivity index (χ4n) is 1.42. The standard InChI is InChI=1S/C13H22N2/c1-12-4-6-13(7-5-12)8-9-14-10-11-15(2)3/h4-7,14H,8-11H2,1-3H3. The van der Waals surface area contributed by atoms with Gasteiger partial charge in [-0.05, 0) is 39.5 Å². The van der Waals surface area contributed by atoms with Gasteiger partial charge in [0.15, 0.2) is 0 Å². The molecule has 0 heterocycles. The second-order valence-electron chi connectivity index (χ2n) is 4.29. The first-order valence-electron chi connectivity index (χ1n) is 5.59. The Morgan fingerprint density at radius 2 is 1.73 bits per heavy atom. The van der Waals surface area contributed by atoms with Crippen LogP contribution in [0.3, 0.4) is 0 Å². The lowest BCUT2D eigenvalue weighted by atomic mass is 10.1. The van der Waals surface area contributed by atoms with Crippen molar-refractivity contribution in [2.24, 2.45) is 0 Å². The third-order valence-electron chi connectivity index (χ3n) is 2.45. The van der Waals surface area contributed by atoms with Gasteiger partial charge in [0.05, 0.1) is 0 Å². The van der Waals surface area contributed by atoms with E-state index < -0.39 is 0 Å². The van der Waals surface area contributed by atoms with Gasteiger partial charge >= 0.3 is 0 Å². The summed E-state index contributed by atoms with van der Waals surface area (Å²) in [4.78, 5) is 2.19. The zero-order valence-electron chi connectivity index (χ0n) is 10.1. The largest absolute Gasteiger partial charge is 0.315 e. The minimum Gasteiger partial charge on any atom is -0.315 e. The third-order valence-corrected chi connectivity index (χ3v) is 2.45. The molecule has 0 atom stereocenters. The van der Waals surface area contributed by atoms with E-state index in [2.05, 4.69) is 55.5 Å². The van der Waals surface area contributed by atoms with Crippen LogP contribution in [0.15, 0.2) is 24.3 Å². The van der Waals surface area contributed by atoms with E-state index in [0.717, 1.165) is 26.1 Å². The highest BCUT2D eigenvalue weighted by Gasteiger charge is 1.93. The summed E-state index contributed by atoms with van der Waals surface area (Å²) in [7, 11) is 4.20. The smallest absolute Gasteiger partial charge is 0.0101 e. The Morgan fingerprint density at radius 1 is 1.07 bits per heavy atom. The molecule has 1 aromatic carbocycles. The highest BCUT2D eigenvalue weighted by atomic mass is 15.1. The first kappa shape index (κ1) is 12.2. The van der Waals surface area contributed by atoms with Gasteiger partial charge in [0, 0.05) is 13.1 Å². The second-order valence-corrected chi connectivity index (χ2v) is 4.29. The van der Waals surface area contributed by atoms with Crippen LogP contribution in [-0.2, 0) is 6.42 Å². The minimum atomic E-state index is 1.07. The van der Waals surface area contributed by atoms with E-state index in [1.165, 1.54) is 11.1 Å². The number of hydrogen-bond donors (Lipinski definition) is 1. The molecule has 0 aliphatic carbocycles. The molecule has 0 saturated carbocycles. The highest BCUT2D eigenvalue weighted by molar-refractivity contribution is 5.21. The summed E-state index contributed by atoms with van der Waals surface area (Å²) in [5.74, 6) is 0. The predicted octanol–water partition coefficient (Wildman–Crippen LogP) is 1.69. The maximum atomic E-state index is 3.44. The summed E-state index contributed by atoms with van der Waals surface area (Å²) in [6.07, 6.45) is 1.12. The molecular weight excluding hydrogens is 184 g/mol. The lowest BCUT2D eigenvalue weighted by molar-refractivity contribution is 0.401. The van der Waals surface area contributed by atoms with Gasteiger partial charge in [0.1, 0.15) is 0 Å². The molecule has 2 heteroatoms. The maximum Gasteiger partial charge on any atom is 0.0101 e. The lowest BCUT2D eigenvalue weighted by Gasteiger charge is -2.10. The van der Waals surface area contributed by atoms with Gasteiger partial charge < -0.3 is 10.2 Å². The minimum absolute atomic E-state index is 1.07. The third kappa shape index (κ3) is 5.55. The Hall–Kier alpha value is -0.860. The van der Waals surface area contributed by atoms with Crippen molar-refractivity contribution >= 4 is 0 Å². The monoisotopic (exact) mass is 206 g/mol. The Balaban J connectivity index is 2.12. The molecule has 0 spiro atoms. The fraction of sp³-hybridized carbons (Fsp3) is 0.538. The molecule has 0 aliphatic heterocycles. The zero-order chi connectivity index (χ0) is 11.1.